The Morgan fingerprint density at radius 1 is 1.39 bits per heavy atom. The van der Waals surface area contributed by atoms with Gasteiger partial charge in [0.2, 0.25) is 0 Å². The molecule has 1 aliphatic heterocycles. The third-order valence-corrected chi connectivity index (χ3v) is 7.44. The largest absolute Gasteiger partial charge is 0.497 e. The molecule has 28 heavy (non-hydrogen) atoms. The van der Waals surface area contributed by atoms with Gasteiger partial charge in [0, 0.05) is 25.2 Å². The summed E-state index contributed by atoms with van der Waals surface area (Å²) < 4.78 is 33.5. The highest BCUT2D eigenvalue weighted by Gasteiger charge is 2.32. The Morgan fingerprint density at radius 2 is 2.18 bits per heavy atom. The molecule has 0 spiro atoms. The topological polar surface area (TPSA) is 69.4 Å². The number of hydrogen-bond acceptors (Lipinski definition) is 6. The highest BCUT2D eigenvalue weighted by Crippen LogP contribution is 2.23. The fourth-order valence-electron chi connectivity index (χ4n) is 3.56. The number of ether oxygens (including phenoxy) is 1. The lowest BCUT2D eigenvalue weighted by Gasteiger charge is -2.27. The van der Waals surface area contributed by atoms with Crippen molar-refractivity contribution in [3.05, 3.63) is 29.0 Å². The van der Waals surface area contributed by atoms with Crippen LogP contribution in [0.15, 0.2) is 24.3 Å². The van der Waals surface area contributed by atoms with Crippen molar-refractivity contribution in [3.63, 3.8) is 0 Å². The van der Waals surface area contributed by atoms with Crippen molar-refractivity contribution in [3.8, 4) is 17.1 Å². The Hall–Kier alpha value is -1.71. The number of unbranched alkanes of at least 4 members (excludes halogenated alkanes) is 1. The molecule has 1 aliphatic rings. The lowest BCUT2D eigenvalue weighted by atomic mass is 10.2. The van der Waals surface area contributed by atoms with Crippen LogP contribution in [0.5, 0.6) is 5.75 Å². The van der Waals surface area contributed by atoms with Gasteiger partial charge in [0.05, 0.1) is 25.3 Å². The van der Waals surface area contributed by atoms with Gasteiger partial charge in [-0.2, -0.15) is 5.10 Å². The first kappa shape index (κ1) is 21.0. The maximum absolute atomic E-state index is 12.0. The van der Waals surface area contributed by atoms with E-state index < -0.39 is 9.84 Å². The molecule has 0 saturated carbocycles. The van der Waals surface area contributed by atoms with Crippen molar-refractivity contribution in [2.75, 3.05) is 25.2 Å². The Morgan fingerprint density at radius 3 is 2.82 bits per heavy atom. The lowest BCUT2D eigenvalue weighted by Crippen LogP contribution is -2.38. The van der Waals surface area contributed by atoms with Crippen LogP contribution in [0.2, 0.25) is 0 Å². The summed E-state index contributed by atoms with van der Waals surface area (Å²) >= 11 is 5.61. The van der Waals surface area contributed by atoms with Crippen LogP contribution in [0.3, 0.4) is 0 Å². The molecule has 1 aromatic heterocycles. The molecule has 7 nitrogen and oxygen atoms in total. The second-order valence-corrected chi connectivity index (χ2v) is 9.85. The smallest absolute Gasteiger partial charge is 0.199 e. The Kier molecular flexibility index (Phi) is 6.57. The van der Waals surface area contributed by atoms with Crippen LogP contribution < -0.4 is 4.74 Å². The zero-order valence-electron chi connectivity index (χ0n) is 16.7. The lowest BCUT2D eigenvalue weighted by molar-refractivity contribution is 0.152. The van der Waals surface area contributed by atoms with Crippen molar-refractivity contribution in [2.45, 2.75) is 38.9 Å². The summed E-state index contributed by atoms with van der Waals surface area (Å²) in [5.41, 5.74) is 0.926. The normalized spacial score (nSPS) is 18.6. The minimum absolute atomic E-state index is 0.0284. The summed E-state index contributed by atoms with van der Waals surface area (Å²) in [7, 11) is 0.598. The molecule has 1 fully saturated rings. The van der Waals surface area contributed by atoms with Crippen LogP contribution in [-0.2, 0) is 23.6 Å². The number of methoxy groups -OCH3 is 1. The molecule has 3 rings (SSSR count). The summed E-state index contributed by atoms with van der Waals surface area (Å²) in [6.45, 7) is 3.47. The van der Waals surface area contributed by atoms with E-state index in [1.807, 2.05) is 35.9 Å². The number of hydrogen-bond donors (Lipinski definition) is 0. The van der Waals surface area contributed by atoms with Gasteiger partial charge in [-0.05, 0) is 37.2 Å². The Balaban J connectivity index is 1.88. The van der Waals surface area contributed by atoms with Crippen molar-refractivity contribution in [1.82, 2.24) is 19.2 Å². The van der Waals surface area contributed by atoms with Gasteiger partial charge in [-0.15, -0.1) is 0 Å². The van der Waals surface area contributed by atoms with Gasteiger partial charge in [0.1, 0.15) is 5.75 Å². The fraction of sp³-hybridized carbons (Fsp3) is 0.579. The quantitative estimate of drug-likeness (QED) is 0.607. The third kappa shape index (κ3) is 4.64. The van der Waals surface area contributed by atoms with Gasteiger partial charge in [-0.25, -0.2) is 13.1 Å². The van der Waals surface area contributed by atoms with Crippen LogP contribution >= 0.6 is 12.2 Å². The van der Waals surface area contributed by atoms with Crippen LogP contribution in [0.1, 0.15) is 26.2 Å². The summed E-state index contributed by atoms with van der Waals surface area (Å²) in [5, 5.41) is 4.74. The summed E-state index contributed by atoms with van der Waals surface area (Å²) in [4.78, 5) is 2.21. The monoisotopic (exact) mass is 424 g/mol. The number of sulfone groups is 1. The molecule has 2 heterocycles. The molecule has 1 atom stereocenters. The van der Waals surface area contributed by atoms with E-state index in [4.69, 9.17) is 22.1 Å². The van der Waals surface area contributed by atoms with Crippen molar-refractivity contribution >= 4 is 22.1 Å². The molecule has 0 bridgehead atoms. The molecule has 9 heteroatoms. The first-order chi connectivity index (χ1) is 13.3. The first-order valence-corrected chi connectivity index (χ1v) is 11.8. The maximum Gasteiger partial charge on any atom is 0.199 e. The van der Waals surface area contributed by atoms with Crippen molar-refractivity contribution in [1.29, 1.82) is 0 Å². The zero-order valence-corrected chi connectivity index (χ0v) is 18.3. The van der Waals surface area contributed by atoms with E-state index in [9.17, 15) is 8.42 Å². The van der Waals surface area contributed by atoms with E-state index in [1.54, 1.807) is 11.8 Å². The minimum atomic E-state index is -2.94. The molecule has 0 amide bonds. The SMILES string of the molecule is CCCCN(Cn1nc(-c2cccc(OC)c2)n(C)c1=S)[C@H]1CCS(=O)(=O)C1. The van der Waals surface area contributed by atoms with E-state index in [1.165, 1.54) is 0 Å². The van der Waals surface area contributed by atoms with Gasteiger partial charge in [0.25, 0.3) is 0 Å². The molecule has 154 valence electrons. The van der Waals surface area contributed by atoms with Gasteiger partial charge >= 0.3 is 0 Å². The van der Waals surface area contributed by atoms with E-state index in [-0.39, 0.29) is 17.5 Å². The molecule has 0 radical (unpaired) electrons. The number of benzene rings is 1. The maximum atomic E-state index is 12.0. The van der Waals surface area contributed by atoms with E-state index in [0.29, 0.717) is 17.9 Å². The van der Waals surface area contributed by atoms with Crippen LogP contribution in [0.25, 0.3) is 11.4 Å². The number of rotatable bonds is 8. The molecule has 0 N–H and O–H groups in total. The second kappa shape index (κ2) is 8.75. The minimum Gasteiger partial charge on any atom is -0.497 e. The van der Waals surface area contributed by atoms with Crippen molar-refractivity contribution < 1.29 is 13.2 Å². The number of aromatic nitrogens is 3. The van der Waals surface area contributed by atoms with E-state index in [0.717, 1.165) is 36.5 Å². The third-order valence-electron chi connectivity index (χ3n) is 5.21. The highest BCUT2D eigenvalue weighted by atomic mass is 32.2. The predicted molar refractivity (Wildman–Crippen MR) is 113 cm³/mol. The van der Waals surface area contributed by atoms with Gasteiger partial charge in [-0.1, -0.05) is 25.5 Å². The van der Waals surface area contributed by atoms with Crippen molar-refractivity contribution in [2.24, 2.45) is 7.05 Å². The van der Waals surface area contributed by atoms with Crippen LogP contribution in [0.4, 0.5) is 0 Å². The molecular formula is C19H28N4O3S2. The fourth-order valence-corrected chi connectivity index (χ4v) is 5.51. The van der Waals surface area contributed by atoms with Gasteiger partial charge < -0.3 is 9.30 Å². The Labute approximate surface area is 171 Å². The summed E-state index contributed by atoms with van der Waals surface area (Å²) in [5.74, 6) is 2.01. The highest BCUT2D eigenvalue weighted by molar-refractivity contribution is 7.91. The first-order valence-electron chi connectivity index (χ1n) is 9.57. The van der Waals surface area contributed by atoms with Crippen LogP contribution in [0, 0.1) is 4.77 Å². The average Bonchev–Trinajstić information content (AvgIpc) is 3.18. The molecule has 0 unspecified atom stereocenters. The molecule has 0 aliphatic carbocycles. The second-order valence-electron chi connectivity index (χ2n) is 7.26. The van der Waals surface area contributed by atoms with Gasteiger partial charge in [-0.3, -0.25) is 4.90 Å². The number of nitrogens with zero attached hydrogens (tertiary/aromatic N) is 4. The molecule has 1 aromatic carbocycles. The standard InChI is InChI=1S/C19H28N4O3S2/c1-4-5-10-22(16-9-11-28(24,25)13-16)14-23-19(27)21(2)18(20-23)15-7-6-8-17(12-15)26-3/h6-8,12,16H,4-5,9-11,13-14H2,1-3H3/t16-/m0/s1. The average molecular weight is 425 g/mol. The predicted octanol–water partition coefficient (Wildman–Crippen LogP) is 2.87. The zero-order chi connectivity index (χ0) is 20.3. The molecular weight excluding hydrogens is 396 g/mol. The summed E-state index contributed by atoms with van der Waals surface area (Å²) in [6.07, 6.45) is 2.74. The molecule has 2 aromatic rings. The van der Waals surface area contributed by atoms with Gasteiger partial charge in [0.15, 0.2) is 20.4 Å². The molecule has 1 saturated heterocycles. The van der Waals surface area contributed by atoms with Crippen LogP contribution in [-0.4, -0.2) is 58.9 Å². The van der Waals surface area contributed by atoms with E-state index >= 15 is 0 Å². The summed E-state index contributed by atoms with van der Waals surface area (Å²) in [6, 6.07) is 7.75. The van der Waals surface area contributed by atoms with E-state index in [2.05, 4.69) is 11.8 Å². The Bertz CT molecular complexity index is 981.